The molecule has 0 aromatic heterocycles. The molecular weight excluding hydrogens is 226 g/mol. The van der Waals surface area contributed by atoms with Gasteiger partial charge in [0, 0.05) is 17.5 Å². The number of halogens is 1. The maximum absolute atomic E-state index is 10.6. The average Bonchev–Trinajstić information content (AvgIpc) is 3.03. The summed E-state index contributed by atoms with van der Waals surface area (Å²) in [5.74, 6) is 0.649. The van der Waals surface area contributed by atoms with Crippen molar-refractivity contribution < 1.29 is 4.92 Å². The molecule has 0 amide bonds. The third-order valence-corrected chi connectivity index (χ3v) is 3.60. The highest BCUT2D eigenvalue weighted by atomic mass is 35.5. The molecule has 1 aliphatic rings. The lowest BCUT2D eigenvalue weighted by molar-refractivity contribution is -0.384. The first-order chi connectivity index (χ1) is 7.58. The molecule has 0 saturated heterocycles. The van der Waals surface area contributed by atoms with Gasteiger partial charge in [0.05, 0.1) is 4.92 Å². The molecule has 0 radical (unpaired) electrons. The van der Waals surface area contributed by atoms with Crippen molar-refractivity contribution in [2.75, 3.05) is 0 Å². The summed E-state index contributed by atoms with van der Waals surface area (Å²) in [7, 11) is 0. The second-order valence-corrected chi connectivity index (χ2v) is 4.99. The number of hydrogen-bond donors (Lipinski definition) is 0. The van der Waals surface area contributed by atoms with E-state index in [1.165, 1.54) is 12.8 Å². The Kier molecular flexibility index (Phi) is 3.15. The molecule has 1 saturated carbocycles. The average molecular weight is 240 g/mol. The standard InChI is InChI=1S/C12H14ClNO2/c1-8-6-11(14(15)16)5-4-10(8)7-12(13)9-2-3-9/h4-6,9,12H,2-3,7H2,1H3. The third-order valence-electron chi connectivity index (χ3n) is 3.09. The Hall–Kier alpha value is -1.09. The van der Waals surface area contributed by atoms with Gasteiger partial charge in [-0.15, -0.1) is 11.6 Å². The fourth-order valence-corrected chi connectivity index (χ4v) is 2.28. The number of benzene rings is 1. The summed E-state index contributed by atoms with van der Waals surface area (Å²) in [5, 5.41) is 10.8. The Morgan fingerprint density at radius 1 is 1.56 bits per heavy atom. The van der Waals surface area contributed by atoms with Crippen molar-refractivity contribution >= 4 is 17.3 Å². The fraction of sp³-hybridized carbons (Fsp3) is 0.500. The molecule has 1 aromatic rings. The summed E-state index contributed by atoms with van der Waals surface area (Å²) in [6.45, 7) is 1.90. The smallest absolute Gasteiger partial charge is 0.258 e. The van der Waals surface area contributed by atoms with E-state index in [2.05, 4.69) is 0 Å². The number of rotatable bonds is 4. The molecule has 0 aliphatic heterocycles. The highest BCUT2D eigenvalue weighted by Crippen LogP contribution is 2.37. The van der Waals surface area contributed by atoms with Crippen LogP contribution in [0.4, 0.5) is 5.69 Å². The molecule has 0 spiro atoms. The minimum atomic E-state index is -0.365. The van der Waals surface area contributed by atoms with Crippen LogP contribution in [0.5, 0.6) is 0 Å². The van der Waals surface area contributed by atoms with Gasteiger partial charge >= 0.3 is 0 Å². The molecule has 1 aromatic carbocycles. The Bertz CT molecular complexity index is 415. The van der Waals surface area contributed by atoms with Crippen LogP contribution in [0.2, 0.25) is 0 Å². The summed E-state index contributed by atoms with van der Waals surface area (Å²) < 4.78 is 0. The van der Waals surface area contributed by atoms with Crippen LogP contribution >= 0.6 is 11.6 Å². The van der Waals surface area contributed by atoms with Crippen LogP contribution in [-0.2, 0) is 6.42 Å². The summed E-state index contributed by atoms with van der Waals surface area (Å²) in [4.78, 5) is 10.2. The molecule has 1 fully saturated rings. The van der Waals surface area contributed by atoms with Gasteiger partial charge in [0.25, 0.3) is 5.69 Å². The van der Waals surface area contributed by atoms with Gasteiger partial charge in [-0.2, -0.15) is 0 Å². The van der Waals surface area contributed by atoms with Crippen LogP contribution in [0.1, 0.15) is 24.0 Å². The quantitative estimate of drug-likeness (QED) is 0.459. The normalized spacial score (nSPS) is 17.1. The first-order valence-electron chi connectivity index (χ1n) is 5.46. The molecule has 1 aliphatic carbocycles. The van der Waals surface area contributed by atoms with E-state index in [1.54, 1.807) is 12.1 Å². The third kappa shape index (κ3) is 2.53. The van der Waals surface area contributed by atoms with Gasteiger partial charge in [-0.05, 0) is 43.2 Å². The van der Waals surface area contributed by atoms with Gasteiger partial charge in [-0.3, -0.25) is 10.1 Å². The molecule has 4 heteroatoms. The lowest BCUT2D eigenvalue weighted by Crippen LogP contribution is -2.07. The van der Waals surface area contributed by atoms with Gasteiger partial charge in [-0.25, -0.2) is 0 Å². The van der Waals surface area contributed by atoms with Crippen molar-refractivity contribution in [1.82, 2.24) is 0 Å². The van der Waals surface area contributed by atoms with E-state index in [9.17, 15) is 10.1 Å². The molecule has 0 N–H and O–H groups in total. The predicted octanol–water partition coefficient (Wildman–Crippen LogP) is 3.46. The number of non-ortho nitro benzene ring substituents is 1. The number of hydrogen-bond acceptors (Lipinski definition) is 2. The Labute approximate surface area is 99.6 Å². The molecule has 0 bridgehead atoms. The number of nitro groups is 1. The van der Waals surface area contributed by atoms with Crippen LogP contribution in [0.15, 0.2) is 18.2 Å². The van der Waals surface area contributed by atoms with Gasteiger partial charge in [-0.1, -0.05) is 6.07 Å². The van der Waals surface area contributed by atoms with E-state index in [0.717, 1.165) is 17.5 Å². The zero-order chi connectivity index (χ0) is 11.7. The number of nitro benzene ring substituents is 1. The van der Waals surface area contributed by atoms with Gasteiger partial charge in [0.2, 0.25) is 0 Å². The first kappa shape index (κ1) is 11.4. The van der Waals surface area contributed by atoms with Crippen molar-refractivity contribution in [2.24, 2.45) is 5.92 Å². The number of alkyl halides is 1. The van der Waals surface area contributed by atoms with Crippen LogP contribution in [-0.4, -0.2) is 10.3 Å². The predicted molar refractivity (Wildman–Crippen MR) is 63.9 cm³/mol. The van der Waals surface area contributed by atoms with Crippen LogP contribution in [0, 0.1) is 23.0 Å². The maximum Gasteiger partial charge on any atom is 0.269 e. The Morgan fingerprint density at radius 3 is 2.75 bits per heavy atom. The van der Waals surface area contributed by atoms with E-state index in [4.69, 9.17) is 11.6 Å². The minimum absolute atomic E-state index is 0.152. The largest absolute Gasteiger partial charge is 0.269 e. The van der Waals surface area contributed by atoms with Crippen molar-refractivity contribution in [1.29, 1.82) is 0 Å². The molecule has 1 unspecified atom stereocenters. The molecule has 1 atom stereocenters. The second-order valence-electron chi connectivity index (χ2n) is 4.43. The molecule has 86 valence electrons. The number of nitrogens with zero attached hydrogens (tertiary/aromatic N) is 1. The lowest BCUT2D eigenvalue weighted by Gasteiger charge is -2.10. The van der Waals surface area contributed by atoms with Crippen LogP contribution in [0.25, 0.3) is 0 Å². The zero-order valence-electron chi connectivity index (χ0n) is 9.15. The van der Waals surface area contributed by atoms with E-state index in [-0.39, 0.29) is 16.0 Å². The van der Waals surface area contributed by atoms with Crippen molar-refractivity contribution in [3.05, 3.63) is 39.4 Å². The summed E-state index contributed by atoms with van der Waals surface area (Å²) in [6.07, 6.45) is 3.26. The Morgan fingerprint density at radius 2 is 2.25 bits per heavy atom. The molecule has 3 nitrogen and oxygen atoms in total. The molecular formula is C12H14ClNO2. The highest BCUT2D eigenvalue weighted by Gasteiger charge is 2.29. The molecule has 16 heavy (non-hydrogen) atoms. The minimum Gasteiger partial charge on any atom is -0.258 e. The Balaban J connectivity index is 2.12. The topological polar surface area (TPSA) is 43.1 Å². The van der Waals surface area contributed by atoms with Crippen LogP contribution < -0.4 is 0 Å². The second kappa shape index (κ2) is 4.42. The lowest BCUT2D eigenvalue weighted by atomic mass is 10.0. The van der Waals surface area contributed by atoms with Gasteiger partial charge in [0.1, 0.15) is 0 Å². The van der Waals surface area contributed by atoms with E-state index in [0.29, 0.717) is 5.92 Å². The molecule has 2 rings (SSSR count). The maximum atomic E-state index is 10.6. The van der Waals surface area contributed by atoms with Gasteiger partial charge in [0.15, 0.2) is 0 Å². The van der Waals surface area contributed by atoms with Crippen molar-refractivity contribution in [3.63, 3.8) is 0 Å². The highest BCUT2D eigenvalue weighted by molar-refractivity contribution is 6.21. The van der Waals surface area contributed by atoms with E-state index >= 15 is 0 Å². The van der Waals surface area contributed by atoms with E-state index in [1.807, 2.05) is 13.0 Å². The number of aryl methyl sites for hydroxylation is 1. The van der Waals surface area contributed by atoms with Crippen molar-refractivity contribution in [3.8, 4) is 0 Å². The van der Waals surface area contributed by atoms with Crippen molar-refractivity contribution in [2.45, 2.75) is 31.6 Å². The monoisotopic (exact) mass is 239 g/mol. The summed E-state index contributed by atoms with van der Waals surface area (Å²) in [5.41, 5.74) is 2.23. The van der Waals surface area contributed by atoms with Gasteiger partial charge < -0.3 is 0 Å². The first-order valence-corrected chi connectivity index (χ1v) is 5.89. The molecule has 0 heterocycles. The summed E-state index contributed by atoms with van der Waals surface area (Å²) in [6, 6.07) is 5.00. The van der Waals surface area contributed by atoms with Crippen LogP contribution in [0.3, 0.4) is 0 Å². The zero-order valence-corrected chi connectivity index (χ0v) is 9.91. The fourth-order valence-electron chi connectivity index (χ4n) is 1.86. The van der Waals surface area contributed by atoms with E-state index < -0.39 is 0 Å². The SMILES string of the molecule is Cc1cc([N+](=O)[O-])ccc1CC(Cl)C1CC1. The summed E-state index contributed by atoms with van der Waals surface area (Å²) >= 11 is 6.25.